The molecule has 0 bridgehead atoms. The van der Waals surface area contributed by atoms with Crippen LogP contribution < -0.4 is 4.90 Å². The third-order valence-corrected chi connectivity index (χ3v) is 3.36. The topological polar surface area (TPSA) is 53.7 Å². The van der Waals surface area contributed by atoms with Crippen LogP contribution in [0.5, 0.6) is 0 Å². The number of carbonyl (C=O) groups excluding carboxylic acids is 1. The third-order valence-electron chi connectivity index (χ3n) is 3.36. The number of benzene rings is 1. The Labute approximate surface area is 104 Å². The highest BCUT2D eigenvalue weighted by Crippen LogP contribution is 2.31. The number of furan rings is 1. The summed E-state index contributed by atoms with van der Waals surface area (Å²) in [5.41, 5.74) is 3.37. The summed E-state index contributed by atoms with van der Waals surface area (Å²) in [5.74, 6) is 0.0833. The highest BCUT2D eigenvalue weighted by atomic mass is 16.3. The molecule has 1 atom stereocenters. The Morgan fingerprint density at radius 2 is 2.17 bits per heavy atom. The molecule has 1 unspecified atom stereocenters. The summed E-state index contributed by atoms with van der Waals surface area (Å²) in [5, 5.41) is 10.2. The standard InChI is InChI=1S/C14H13NO3/c1-15-12-3-2-9(6-11(12)7-13(15)16)14(17)10-4-5-18-8-10/h2-6,8,14,17H,7H2,1H3. The van der Waals surface area contributed by atoms with Crippen LogP contribution >= 0.6 is 0 Å². The van der Waals surface area contributed by atoms with Crippen LogP contribution in [-0.4, -0.2) is 18.1 Å². The third kappa shape index (κ3) is 1.62. The Kier molecular flexibility index (Phi) is 2.45. The maximum absolute atomic E-state index is 11.6. The number of hydrogen-bond donors (Lipinski definition) is 1. The molecular formula is C14H13NO3. The molecule has 0 spiro atoms. The van der Waals surface area contributed by atoms with Gasteiger partial charge in [-0.25, -0.2) is 0 Å². The predicted octanol–water partition coefficient (Wildman–Crippen LogP) is 1.88. The van der Waals surface area contributed by atoms with E-state index in [4.69, 9.17) is 4.42 Å². The zero-order valence-corrected chi connectivity index (χ0v) is 9.96. The van der Waals surface area contributed by atoms with Gasteiger partial charge < -0.3 is 14.4 Å². The van der Waals surface area contributed by atoms with Crippen molar-refractivity contribution in [2.45, 2.75) is 12.5 Å². The first-order valence-corrected chi connectivity index (χ1v) is 5.76. The van der Waals surface area contributed by atoms with Gasteiger partial charge in [0.05, 0.1) is 18.9 Å². The first-order valence-electron chi connectivity index (χ1n) is 5.76. The van der Waals surface area contributed by atoms with E-state index in [1.165, 1.54) is 12.5 Å². The Bertz CT molecular complexity index is 589. The van der Waals surface area contributed by atoms with Crippen molar-refractivity contribution in [3.63, 3.8) is 0 Å². The van der Waals surface area contributed by atoms with E-state index < -0.39 is 6.10 Å². The molecule has 0 radical (unpaired) electrons. The van der Waals surface area contributed by atoms with E-state index in [2.05, 4.69) is 0 Å². The van der Waals surface area contributed by atoms with Crippen molar-refractivity contribution in [1.82, 2.24) is 0 Å². The summed E-state index contributed by atoms with van der Waals surface area (Å²) in [7, 11) is 1.76. The quantitative estimate of drug-likeness (QED) is 0.876. The van der Waals surface area contributed by atoms with Crippen molar-refractivity contribution in [2.24, 2.45) is 0 Å². The van der Waals surface area contributed by atoms with E-state index in [1.807, 2.05) is 18.2 Å². The second-order valence-corrected chi connectivity index (χ2v) is 4.48. The van der Waals surface area contributed by atoms with E-state index >= 15 is 0 Å². The fraction of sp³-hybridized carbons (Fsp3) is 0.214. The number of carbonyl (C=O) groups is 1. The minimum atomic E-state index is -0.713. The van der Waals surface area contributed by atoms with Crippen LogP contribution in [-0.2, 0) is 11.2 Å². The van der Waals surface area contributed by atoms with Crippen molar-refractivity contribution in [1.29, 1.82) is 0 Å². The Hall–Kier alpha value is -2.07. The van der Waals surface area contributed by atoms with Gasteiger partial charge in [-0.15, -0.1) is 0 Å². The van der Waals surface area contributed by atoms with E-state index in [0.717, 1.165) is 16.8 Å². The van der Waals surface area contributed by atoms with Gasteiger partial charge in [0, 0.05) is 18.3 Å². The van der Waals surface area contributed by atoms with Gasteiger partial charge in [-0.3, -0.25) is 4.79 Å². The monoisotopic (exact) mass is 243 g/mol. The molecule has 2 heterocycles. The molecule has 1 N–H and O–H groups in total. The second kappa shape index (κ2) is 3.99. The first kappa shape index (κ1) is 11.0. The number of nitrogens with zero attached hydrogens (tertiary/aromatic N) is 1. The van der Waals surface area contributed by atoms with Gasteiger partial charge in [-0.2, -0.15) is 0 Å². The molecule has 0 aliphatic carbocycles. The van der Waals surface area contributed by atoms with Gasteiger partial charge in [-0.05, 0) is 23.3 Å². The molecule has 92 valence electrons. The zero-order chi connectivity index (χ0) is 12.7. The van der Waals surface area contributed by atoms with Gasteiger partial charge >= 0.3 is 0 Å². The van der Waals surface area contributed by atoms with Crippen LogP contribution in [0.2, 0.25) is 0 Å². The minimum absolute atomic E-state index is 0.0833. The highest BCUT2D eigenvalue weighted by molar-refractivity contribution is 6.00. The van der Waals surface area contributed by atoms with Gasteiger partial charge in [0.25, 0.3) is 0 Å². The van der Waals surface area contributed by atoms with Crippen LogP contribution in [0.3, 0.4) is 0 Å². The molecule has 1 amide bonds. The number of hydrogen-bond acceptors (Lipinski definition) is 3. The van der Waals surface area contributed by atoms with Crippen molar-refractivity contribution in [2.75, 3.05) is 11.9 Å². The van der Waals surface area contributed by atoms with Gasteiger partial charge in [0.1, 0.15) is 6.10 Å². The molecular weight excluding hydrogens is 230 g/mol. The van der Waals surface area contributed by atoms with Crippen LogP contribution in [0.1, 0.15) is 22.8 Å². The lowest BCUT2D eigenvalue weighted by Gasteiger charge is -2.13. The molecule has 1 aromatic carbocycles. The van der Waals surface area contributed by atoms with E-state index in [1.54, 1.807) is 18.0 Å². The summed E-state index contributed by atoms with van der Waals surface area (Å²) >= 11 is 0. The number of rotatable bonds is 2. The van der Waals surface area contributed by atoms with E-state index in [-0.39, 0.29) is 5.91 Å². The minimum Gasteiger partial charge on any atom is -0.472 e. The summed E-state index contributed by atoms with van der Waals surface area (Å²) in [6.07, 6.45) is 2.74. The first-order chi connectivity index (χ1) is 8.66. The lowest BCUT2D eigenvalue weighted by molar-refractivity contribution is -0.117. The molecule has 1 aliphatic heterocycles. The van der Waals surface area contributed by atoms with Crippen molar-refractivity contribution < 1.29 is 14.3 Å². The van der Waals surface area contributed by atoms with Crippen molar-refractivity contribution >= 4 is 11.6 Å². The Morgan fingerprint density at radius 3 is 2.89 bits per heavy atom. The number of anilines is 1. The van der Waals surface area contributed by atoms with Crippen molar-refractivity contribution in [3.05, 3.63) is 53.5 Å². The van der Waals surface area contributed by atoms with Crippen LogP contribution in [0, 0.1) is 0 Å². The van der Waals surface area contributed by atoms with Gasteiger partial charge in [0.15, 0.2) is 0 Å². The molecule has 4 nitrogen and oxygen atoms in total. The molecule has 18 heavy (non-hydrogen) atoms. The van der Waals surface area contributed by atoms with Crippen LogP contribution in [0.25, 0.3) is 0 Å². The maximum Gasteiger partial charge on any atom is 0.231 e. The number of fused-ring (bicyclic) bond motifs is 1. The van der Waals surface area contributed by atoms with Crippen LogP contribution in [0.4, 0.5) is 5.69 Å². The Morgan fingerprint density at radius 1 is 1.33 bits per heavy atom. The maximum atomic E-state index is 11.6. The molecule has 0 saturated carbocycles. The van der Waals surface area contributed by atoms with E-state index in [9.17, 15) is 9.90 Å². The lowest BCUT2D eigenvalue weighted by Crippen LogP contribution is -2.20. The largest absolute Gasteiger partial charge is 0.472 e. The highest BCUT2D eigenvalue weighted by Gasteiger charge is 2.25. The number of amides is 1. The molecule has 3 rings (SSSR count). The molecule has 4 heteroatoms. The average Bonchev–Trinajstić information content (AvgIpc) is 2.98. The summed E-state index contributed by atoms with van der Waals surface area (Å²) in [6, 6.07) is 7.33. The molecule has 1 aromatic heterocycles. The normalized spacial score (nSPS) is 15.9. The Balaban J connectivity index is 1.97. The fourth-order valence-corrected chi connectivity index (χ4v) is 2.28. The SMILES string of the molecule is CN1C(=O)Cc2cc(C(O)c3ccoc3)ccc21. The summed E-state index contributed by atoms with van der Waals surface area (Å²) in [6.45, 7) is 0. The predicted molar refractivity (Wildman–Crippen MR) is 66.3 cm³/mol. The van der Waals surface area contributed by atoms with Crippen molar-refractivity contribution in [3.8, 4) is 0 Å². The summed E-state index contributed by atoms with van der Waals surface area (Å²) < 4.78 is 4.96. The van der Waals surface area contributed by atoms with Gasteiger partial charge in [-0.1, -0.05) is 12.1 Å². The van der Waals surface area contributed by atoms with Gasteiger partial charge in [0.2, 0.25) is 5.91 Å². The second-order valence-electron chi connectivity index (χ2n) is 4.48. The number of aliphatic hydroxyl groups is 1. The average molecular weight is 243 g/mol. The molecule has 0 saturated heterocycles. The number of likely N-dealkylation sites (N-methyl/N-ethyl adjacent to an activating group) is 1. The lowest BCUT2D eigenvalue weighted by atomic mass is 10.0. The number of aliphatic hydroxyl groups excluding tert-OH is 1. The van der Waals surface area contributed by atoms with Crippen LogP contribution in [0.15, 0.2) is 41.2 Å². The zero-order valence-electron chi connectivity index (χ0n) is 9.96. The fourth-order valence-electron chi connectivity index (χ4n) is 2.28. The molecule has 2 aromatic rings. The molecule has 0 fully saturated rings. The smallest absolute Gasteiger partial charge is 0.231 e. The molecule has 1 aliphatic rings. The summed E-state index contributed by atoms with van der Waals surface area (Å²) in [4.78, 5) is 13.2. The van der Waals surface area contributed by atoms with E-state index in [0.29, 0.717) is 12.0 Å².